The molecule has 0 unspecified atom stereocenters. The summed E-state index contributed by atoms with van der Waals surface area (Å²) in [5.41, 5.74) is 2.44. The van der Waals surface area contributed by atoms with Crippen LogP contribution in [0.1, 0.15) is 5.56 Å². The van der Waals surface area contributed by atoms with Crippen molar-refractivity contribution in [2.75, 3.05) is 5.88 Å². The van der Waals surface area contributed by atoms with Gasteiger partial charge in [-0.3, -0.25) is 0 Å². The second-order valence-corrected chi connectivity index (χ2v) is 5.14. The van der Waals surface area contributed by atoms with Crippen LogP contribution in [0.2, 0.25) is 0 Å². The van der Waals surface area contributed by atoms with Crippen molar-refractivity contribution in [1.29, 1.82) is 10.5 Å². The molecule has 0 aromatic heterocycles. The maximum absolute atomic E-state index is 9.01. The maximum atomic E-state index is 9.01. The molecular formula is C16H10N4OS. The first-order chi connectivity index (χ1) is 10.8. The van der Waals surface area contributed by atoms with Gasteiger partial charge in [-0.2, -0.15) is 20.0 Å². The summed E-state index contributed by atoms with van der Waals surface area (Å²) >= 11 is 1.27. The van der Waals surface area contributed by atoms with Crippen molar-refractivity contribution >= 4 is 17.8 Å². The van der Waals surface area contributed by atoms with E-state index in [2.05, 4.69) is 10.5 Å². The van der Waals surface area contributed by atoms with Crippen molar-refractivity contribution in [2.45, 2.75) is 0 Å². The van der Waals surface area contributed by atoms with Crippen molar-refractivity contribution in [3.8, 4) is 29.0 Å². The molecule has 106 valence electrons. The van der Waals surface area contributed by atoms with Gasteiger partial charge >= 0.3 is 0 Å². The number of nitriles is 2. The average molecular weight is 306 g/mol. The van der Waals surface area contributed by atoms with Gasteiger partial charge in [0.1, 0.15) is 11.9 Å². The van der Waals surface area contributed by atoms with Crippen LogP contribution in [0.5, 0.6) is 5.75 Å². The number of rotatable bonds is 3. The van der Waals surface area contributed by atoms with E-state index in [-0.39, 0.29) is 5.84 Å². The van der Waals surface area contributed by atoms with Gasteiger partial charge in [0.2, 0.25) is 5.84 Å². The number of benzene rings is 2. The lowest BCUT2D eigenvalue weighted by Gasteiger charge is -2.18. The van der Waals surface area contributed by atoms with Gasteiger partial charge in [-0.05, 0) is 23.8 Å². The Labute approximate surface area is 132 Å². The van der Waals surface area contributed by atoms with Gasteiger partial charge in [0, 0.05) is 17.5 Å². The van der Waals surface area contributed by atoms with Crippen LogP contribution < -0.4 is 4.84 Å². The largest absolute Gasteiger partial charge is 0.376 e. The maximum Gasteiger partial charge on any atom is 0.249 e. The summed E-state index contributed by atoms with van der Waals surface area (Å²) in [7, 11) is 0. The fraction of sp³-hybridized carbons (Fsp3) is 0.0625. The Morgan fingerprint density at radius 3 is 2.55 bits per heavy atom. The molecule has 1 aliphatic heterocycles. The van der Waals surface area contributed by atoms with Crippen LogP contribution in [0.3, 0.4) is 0 Å². The van der Waals surface area contributed by atoms with Crippen LogP contribution in [-0.4, -0.2) is 16.8 Å². The standard InChI is InChI=1S/C16H10N4OS/c17-9-12-5-7-13(8-6-12)14-3-1-2-4-15(14)21-20-11-22-19-16(20)10-18/h1-8H,11H2. The monoisotopic (exact) mass is 306 g/mol. The lowest BCUT2D eigenvalue weighted by atomic mass is 10.0. The molecule has 0 aliphatic carbocycles. The van der Waals surface area contributed by atoms with E-state index in [1.54, 1.807) is 12.1 Å². The highest BCUT2D eigenvalue weighted by Gasteiger charge is 2.20. The van der Waals surface area contributed by atoms with Crippen LogP contribution in [0.4, 0.5) is 0 Å². The zero-order valence-corrected chi connectivity index (χ0v) is 12.2. The molecule has 0 atom stereocenters. The minimum Gasteiger partial charge on any atom is -0.376 e. The third-order valence-electron chi connectivity index (χ3n) is 3.08. The Morgan fingerprint density at radius 2 is 1.82 bits per heavy atom. The van der Waals surface area contributed by atoms with E-state index in [0.29, 0.717) is 17.2 Å². The zero-order chi connectivity index (χ0) is 15.4. The smallest absolute Gasteiger partial charge is 0.249 e. The number of amidine groups is 1. The molecule has 0 bridgehead atoms. The fourth-order valence-electron chi connectivity index (χ4n) is 2.02. The molecule has 2 aromatic carbocycles. The van der Waals surface area contributed by atoms with Crippen LogP contribution in [0.25, 0.3) is 11.1 Å². The second kappa shape index (κ2) is 6.21. The van der Waals surface area contributed by atoms with E-state index >= 15 is 0 Å². The normalized spacial score (nSPS) is 13.2. The van der Waals surface area contributed by atoms with E-state index in [0.717, 1.165) is 11.1 Å². The molecule has 5 nitrogen and oxygen atoms in total. The molecule has 0 saturated carbocycles. The highest BCUT2D eigenvalue weighted by atomic mass is 32.2. The summed E-state index contributed by atoms with van der Waals surface area (Å²) in [5.74, 6) is 1.36. The Bertz CT molecular complexity index is 802. The molecule has 2 aromatic rings. The summed E-state index contributed by atoms with van der Waals surface area (Å²) < 4.78 is 3.99. The molecule has 0 saturated heterocycles. The summed E-state index contributed by atoms with van der Waals surface area (Å²) in [4.78, 5) is 5.82. The number of hydrogen-bond donors (Lipinski definition) is 0. The van der Waals surface area contributed by atoms with Gasteiger partial charge < -0.3 is 4.84 Å². The predicted molar refractivity (Wildman–Crippen MR) is 84.6 cm³/mol. The van der Waals surface area contributed by atoms with Gasteiger partial charge in [-0.1, -0.05) is 30.3 Å². The van der Waals surface area contributed by atoms with Crippen LogP contribution >= 0.6 is 11.9 Å². The van der Waals surface area contributed by atoms with E-state index in [1.807, 2.05) is 42.5 Å². The van der Waals surface area contributed by atoms with E-state index in [9.17, 15) is 0 Å². The van der Waals surface area contributed by atoms with Crippen molar-refractivity contribution in [3.63, 3.8) is 0 Å². The SMILES string of the molecule is N#CC1=NSCN1Oc1ccccc1-c1ccc(C#N)cc1. The molecular weight excluding hydrogens is 296 g/mol. The Morgan fingerprint density at radius 1 is 1.05 bits per heavy atom. The molecule has 0 amide bonds. The van der Waals surface area contributed by atoms with E-state index in [4.69, 9.17) is 15.4 Å². The van der Waals surface area contributed by atoms with Gasteiger partial charge in [0.15, 0.2) is 5.75 Å². The Kier molecular flexibility index (Phi) is 3.95. The Hall–Kier alpha value is -2.96. The second-order valence-electron chi connectivity index (χ2n) is 4.44. The van der Waals surface area contributed by atoms with Crippen LogP contribution in [-0.2, 0) is 0 Å². The molecule has 6 heteroatoms. The predicted octanol–water partition coefficient (Wildman–Crippen LogP) is 3.36. The van der Waals surface area contributed by atoms with E-state index < -0.39 is 0 Å². The summed E-state index contributed by atoms with van der Waals surface area (Å²) in [6.45, 7) is 0. The molecule has 3 rings (SSSR count). The minimum atomic E-state index is 0.250. The Balaban J connectivity index is 1.92. The molecule has 1 heterocycles. The number of hydroxylamine groups is 2. The highest BCUT2D eigenvalue weighted by molar-refractivity contribution is 7.98. The molecule has 0 N–H and O–H groups in total. The summed E-state index contributed by atoms with van der Waals surface area (Å²) in [5, 5.41) is 19.3. The van der Waals surface area contributed by atoms with E-state index in [1.165, 1.54) is 17.0 Å². The lowest BCUT2D eigenvalue weighted by molar-refractivity contribution is 0.0459. The van der Waals surface area contributed by atoms with Gasteiger partial charge in [-0.15, -0.1) is 0 Å². The zero-order valence-electron chi connectivity index (χ0n) is 11.4. The van der Waals surface area contributed by atoms with Crippen LogP contribution in [0, 0.1) is 22.7 Å². The summed E-state index contributed by atoms with van der Waals surface area (Å²) in [6.07, 6.45) is 0. The average Bonchev–Trinajstić information content (AvgIpc) is 3.03. The van der Waals surface area contributed by atoms with Crippen molar-refractivity contribution in [1.82, 2.24) is 5.06 Å². The van der Waals surface area contributed by atoms with Crippen molar-refractivity contribution < 1.29 is 4.84 Å². The third kappa shape index (κ3) is 2.73. The number of hydrogen-bond acceptors (Lipinski definition) is 6. The number of nitrogens with zero attached hydrogens (tertiary/aromatic N) is 4. The van der Waals surface area contributed by atoms with Crippen molar-refractivity contribution in [2.24, 2.45) is 4.40 Å². The van der Waals surface area contributed by atoms with Crippen LogP contribution in [0.15, 0.2) is 52.9 Å². The molecule has 0 fully saturated rings. The quantitative estimate of drug-likeness (QED) is 0.813. The molecule has 0 spiro atoms. The highest BCUT2D eigenvalue weighted by Crippen LogP contribution is 2.31. The minimum absolute atomic E-state index is 0.250. The first-order valence-electron chi connectivity index (χ1n) is 6.47. The molecule has 22 heavy (non-hydrogen) atoms. The number of para-hydroxylation sites is 1. The summed E-state index contributed by atoms with van der Waals surface area (Å²) in [6, 6.07) is 18.9. The first kappa shape index (κ1) is 14.0. The van der Waals surface area contributed by atoms with Gasteiger partial charge in [0.25, 0.3) is 0 Å². The lowest BCUT2D eigenvalue weighted by Crippen LogP contribution is -2.29. The van der Waals surface area contributed by atoms with Gasteiger partial charge in [0.05, 0.1) is 11.6 Å². The topological polar surface area (TPSA) is 72.4 Å². The molecule has 1 aliphatic rings. The van der Waals surface area contributed by atoms with Gasteiger partial charge in [-0.25, -0.2) is 0 Å². The fourth-order valence-corrected chi connectivity index (χ4v) is 2.61. The molecule has 0 radical (unpaired) electrons. The first-order valence-corrected chi connectivity index (χ1v) is 7.41. The third-order valence-corrected chi connectivity index (χ3v) is 3.73. The van der Waals surface area contributed by atoms with Crippen molar-refractivity contribution in [3.05, 3.63) is 54.1 Å².